The third-order valence-corrected chi connectivity index (χ3v) is 3.74. The Bertz CT molecular complexity index is 458. The fourth-order valence-corrected chi connectivity index (χ4v) is 2.13. The lowest BCUT2D eigenvalue weighted by Gasteiger charge is -2.16. The van der Waals surface area contributed by atoms with E-state index in [1.165, 1.54) is 18.4 Å². The van der Waals surface area contributed by atoms with E-state index < -0.39 is 0 Å². The number of pyridine rings is 1. The van der Waals surface area contributed by atoms with Crippen LogP contribution in [-0.4, -0.2) is 38.1 Å². The summed E-state index contributed by atoms with van der Waals surface area (Å²) in [4.78, 5) is 11.0. The summed E-state index contributed by atoms with van der Waals surface area (Å²) in [5.74, 6) is 2.55. The highest BCUT2D eigenvalue weighted by Crippen LogP contribution is 2.10. The average Bonchev–Trinajstić information content (AvgIpc) is 2.53. The number of halogens is 1. The predicted octanol–water partition coefficient (Wildman–Crippen LogP) is 3.26. The van der Waals surface area contributed by atoms with Crippen molar-refractivity contribution < 1.29 is 0 Å². The van der Waals surface area contributed by atoms with E-state index in [1.807, 2.05) is 31.3 Å². The van der Waals surface area contributed by atoms with Gasteiger partial charge in [-0.1, -0.05) is 26.7 Å². The highest BCUT2D eigenvalue weighted by molar-refractivity contribution is 14.0. The van der Waals surface area contributed by atoms with Crippen molar-refractivity contribution in [2.75, 3.05) is 32.1 Å². The molecule has 0 amide bonds. The van der Waals surface area contributed by atoms with Gasteiger partial charge in [0.15, 0.2) is 5.96 Å². The molecule has 0 aromatic carbocycles. The zero-order valence-corrected chi connectivity index (χ0v) is 17.4. The van der Waals surface area contributed by atoms with Crippen molar-refractivity contribution >= 4 is 35.8 Å². The van der Waals surface area contributed by atoms with Gasteiger partial charge in [-0.05, 0) is 30.5 Å². The van der Waals surface area contributed by atoms with E-state index in [9.17, 15) is 0 Å². The number of aliphatic imine (C=N–C) groups is 1. The quantitative estimate of drug-likeness (QED) is 0.376. The molecule has 2 N–H and O–H groups in total. The van der Waals surface area contributed by atoms with Gasteiger partial charge < -0.3 is 15.5 Å². The van der Waals surface area contributed by atoms with E-state index in [0.717, 1.165) is 24.9 Å². The molecular formula is C17H32IN5. The second-order valence-corrected chi connectivity index (χ2v) is 5.68. The Balaban J connectivity index is 0.00000484. The molecule has 0 saturated carbocycles. The van der Waals surface area contributed by atoms with E-state index in [1.54, 1.807) is 0 Å². The maximum Gasteiger partial charge on any atom is 0.191 e. The molecule has 0 bridgehead atoms. The van der Waals surface area contributed by atoms with Crippen molar-refractivity contribution in [1.82, 2.24) is 15.6 Å². The molecule has 0 aliphatic heterocycles. The van der Waals surface area contributed by atoms with Crippen LogP contribution in [0.3, 0.4) is 0 Å². The molecule has 0 unspecified atom stereocenters. The van der Waals surface area contributed by atoms with Crippen LogP contribution in [0.25, 0.3) is 0 Å². The number of hydrogen-bond acceptors (Lipinski definition) is 3. The number of rotatable bonds is 8. The van der Waals surface area contributed by atoms with Crippen molar-refractivity contribution in [2.24, 2.45) is 10.9 Å². The number of nitrogens with zero attached hydrogens (tertiary/aromatic N) is 3. The molecule has 1 rings (SSSR count). The second-order valence-electron chi connectivity index (χ2n) is 5.68. The lowest BCUT2D eigenvalue weighted by Crippen LogP contribution is -2.39. The van der Waals surface area contributed by atoms with Crippen LogP contribution in [0, 0.1) is 5.92 Å². The van der Waals surface area contributed by atoms with Gasteiger partial charge in [0.25, 0.3) is 0 Å². The van der Waals surface area contributed by atoms with E-state index >= 15 is 0 Å². The van der Waals surface area contributed by atoms with E-state index in [2.05, 4.69) is 47.4 Å². The molecular weight excluding hydrogens is 401 g/mol. The number of aromatic nitrogens is 1. The van der Waals surface area contributed by atoms with Gasteiger partial charge >= 0.3 is 0 Å². The Hall–Kier alpha value is -1.05. The Kier molecular flexibility index (Phi) is 11.8. The molecule has 0 saturated heterocycles. The third kappa shape index (κ3) is 8.39. The number of anilines is 1. The molecule has 6 heteroatoms. The Morgan fingerprint density at radius 2 is 1.91 bits per heavy atom. The van der Waals surface area contributed by atoms with Crippen LogP contribution in [0.5, 0.6) is 0 Å². The van der Waals surface area contributed by atoms with Crippen molar-refractivity contribution in [3.05, 3.63) is 23.9 Å². The van der Waals surface area contributed by atoms with Gasteiger partial charge in [0.1, 0.15) is 5.82 Å². The summed E-state index contributed by atoms with van der Waals surface area (Å²) >= 11 is 0. The van der Waals surface area contributed by atoms with E-state index in [4.69, 9.17) is 0 Å². The first-order chi connectivity index (χ1) is 10.6. The second kappa shape index (κ2) is 12.4. The molecule has 0 atom stereocenters. The molecule has 23 heavy (non-hydrogen) atoms. The SMILES string of the molecule is CCNC(=NCc1ccnc(N(C)C)c1)NCC(CC)CC.I. The number of nitrogens with one attached hydrogen (secondary N) is 2. The fraction of sp³-hybridized carbons (Fsp3) is 0.647. The van der Waals surface area contributed by atoms with Crippen LogP contribution in [0.1, 0.15) is 39.2 Å². The minimum Gasteiger partial charge on any atom is -0.363 e. The summed E-state index contributed by atoms with van der Waals surface area (Å²) in [6.45, 7) is 9.05. The third-order valence-electron chi connectivity index (χ3n) is 3.74. The molecule has 132 valence electrons. The van der Waals surface area contributed by atoms with Gasteiger partial charge in [-0.15, -0.1) is 24.0 Å². The highest BCUT2D eigenvalue weighted by atomic mass is 127. The average molecular weight is 433 g/mol. The standard InChI is InChI=1S/C17H31N5.HI/c1-6-14(7-2)12-20-17(18-8-3)21-13-15-9-10-19-16(11-15)22(4)5;/h9-11,14H,6-8,12-13H2,1-5H3,(H2,18,20,21);1H. The normalized spacial score (nSPS) is 11.1. The van der Waals surface area contributed by atoms with E-state index in [0.29, 0.717) is 12.5 Å². The Morgan fingerprint density at radius 1 is 1.22 bits per heavy atom. The monoisotopic (exact) mass is 433 g/mol. The smallest absolute Gasteiger partial charge is 0.191 e. The first kappa shape index (κ1) is 21.9. The summed E-state index contributed by atoms with van der Waals surface area (Å²) < 4.78 is 0. The van der Waals surface area contributed by atoms with Crippen LogP contribution in [-0.2, 0) is 6.54 Å². The van der Waals surface area contributed by atoms with Crippen LogP contribution in [0.15, 0.2) is 23.3 Å². The van der Waals surface area contributed by atoms with Crippen molar-refractivity contribution in [3.63, 3.8) is 0 Å². The Labute approximate surface area is 158 Å². The lowest BCUT2D eigenvalue weighted by atomic mass is 10.0. The maximum atomic E-state index is 4.67. The first-order valence-corrected chi connectivity index (χ1v) is 8.25. The molecule has 0 aliphatic carbocycles. The maximum absolute atomic E-state index is 4.67. The van der Waals surface area contributed by atoms with Gasteiger partial charge in [-0.25, -0.2) is 9.98 Å². The minimum atomic E-state index is 0. The van der Waals surface area contributed by atoms with Crippen LogP contribution >= 0.6 is 24.0 Å². The predicted molar refractivity (Wildman–Crippen MR) is 111 cm³/mol. The van der Waals surface area contributed by atoms with Crippen LogP contribution in [0.2, 0.25) is 0 Å². The zero-order valence-electron chi connectivity index (χ0n) is 15.1. The summed E-state index contributed by atoms with van der Waals surface area (Å²) in [7, 11) is 3.99. The van der Waals surface area contributed by atoms with Gasteiger partial charge in [0.2, 0.25) is 0 Å². The molecule has 0 aliphatic rings. The minimum absolute atomic E-state index is 0. The van der Waals surface area contributed by atoms with Crippen molar-refractivity contribution in [3.8, 4) is 0 Å². The fourth-order valence-electron chi connectivity index (χ4n) is 2.13. The molecule has 5 nitrogen and oxygen atoms in total. The number of guanidine groups is 1. The molecule has 1 aromatic heterocycles. The first-order valence-electron chi connectivity index (χ1n) is 8.25. The van der Waals surface area contributed by atoms with Gasteiger partial charge in [0, 0.05) is 33.4 Å². The zero-order chi connectivity index (χ0) is 16.4. The topological polar surface area (TPSA) is 52.6 Å². The van der Waals surface area contributed by atoms with Crippen molar-refractivity contribution in [1.29, 1.82) is 0 Å². The number of hydrogen-bond donors (Lipinski definition) is 2. The van der Waals surface area contributed by atoms with Crippen LogP contribution in [0.4, 0.5) is 5.82 Å². The van der Waals surface area contributed by atoms with E-state index in [-0.39, 0.29) is 24.0 Å². The van der Waals surface area contributed by atoms with Gasteiger partial charge in [-0.2, -0.15) is 0 Å². The summed E-state index contributed by atoms with van der Waals surface area (Å²) in [5, 5.41) is 6.75. The summed E-state index contributed by atoms with van der Waals surface area (Å²) in [6.07, 6.45) is 4.23. The largest absolute Gasteiger partial charge is 0.363 e. The molecule has 0 radical (unpaired) electrons. The van der Waals surface area contributed by atoms with Crippen LogP contribution < -0.4 is 15.5 Å². The molecule has 1 heterocycles. The van der Waals surface area contributed by atoms with Gasteiger partial charge in [-0.3, -0.25) is 0 Å². The lowest BCUT2D eigenvalue weighted by molar-refractivity contribution is 0.481. The molecule has 0 spiro atoms. The van der Waals surface area contributed by atoms with Gasteiger partial charge in [0.05, 0.1) is 6.54 Å². The Morgan fingerprint density at radius 3 is 2.48 bits per heavy atom. The summed E-state index contributed by atoms with van der Waals surface area (Å²) in [6, 6.07) is 4.09. The highest BCUT2D eigenvalue weighted by Gasteiger charge is 2.05. The summed E-state index contributed by atoms with van der Waals surface area (Å²) in [5.41, 5.74) is 1.17. The van der Waals surface area contributed by atoms with Crippen molar-refractivity contribution in [2.45, 2.75) is 40.2 Å². The molecule has 0 fully saturated rings. The molecule has 1 aromatic rings.